The van der Waals surface area contributed by atoms with E-state index in [-0.39, 0.29) is 0 Å². The van der Waals surface area contributed by atoms with Crippen LogP contribution in [-0.2, 0) is 0 Å². The van der Waals surface area contributed by atoms with Crippen LogP contribution in [0.25, 0.3) is 0 Å². The molecule has 3 unspecified atom stereocenters. The molecule has 3 heterocycles. The fraction of sp³-hybridized carbons (Fsp3) is 0.625. The lowest BCUT2D eigenvalue weighted by atomic mass is 9.72. The maximum absolute atomic E-state index is 2.42. The SMILES string of the molecule is Cc1ccccc1C1C2CC3CC(C2)CP1C3. The van der Waals surface area contributed by atoms with E-state index in [1.54, 1.807) is 42.7 Å². The Labute approximate surface area is 106 Å². The van der Waals surface area contributed by atoms with E-state index in [9.17, 15) is 0 Å². The Morgan fingerprint density at radius 1 is 1.00 bits per heavy atom. The fourth-order valence-electron chi connectivity index (χ4n) is 4.80. The predicted octanol–water partition coefficient (Wildman–Crippen LogP) is 4.58. The van der Waals surface area contributed by atoms with Gasteiger partial charge in [-0.05, 0) is 67.4 Å². The number of aryl methyl sites for hydroxylation is 1. The zero-order chi connectivity index (χ0) is 11.4. The summed E-state index contributed by atoms with van der Waals surface area (Å²) >= 11 is 0. The van der Waals surface area contributed by atoms with Crippen LogP contribution < -0.4 is 0 Å². The highest BCUT2D eigenvalue weighted by atomic mass is 31.1. The molecule has 4 bridgehead atoms. The summed E-state index contributed by atoms with van der Waals surface area (Å²) in [5, 5.41) is 0. The largest absolute Gasteiger partial charge is 0.0982 e. The highest BCUT2D eigenvalue weighted by Gasteiger charge is 2.48. The van der Waals surface area contributed by atoms with E-state index < -0.39 is 0 Å². The molecule has 3 atom stereocenters. The van der Waals surface area contributed by atoms with E-state index in [2.05, 4.69) is 31.2 Å². The average molecular weight is 244 g/mol. The van der Waals surface area contributed by atoms with Gasteiger partial charge in [-0.15, -0.1) is 0 Å². The second-order valence-corrected chi connectivity index (χ2v) is 8.92. The molecule has 4 fully saturated rings. The van der Waals surface area contributed by atoms with E-state index in [4.69, 9.17) is 0 Å². The minimum atomic E-state index is 0.332. The molecule has 1 aromatic carbocycles. The Balaban J connectivity index is 1.73. The lowest BCUT2D eigenvalue weighted by molar-refractivity contribution is 0.186. The fourth-order valence-corrected chi connectivity index (χ4v) is 8.85. The molecule has 4 aliphatic rings. The standard InChI is InChI=1S/C16H21P/c1-11-4-2-3-5-15(11)16-14-7-12-6-13(8-14)10-17(16)9-12/h2-5,12-14,16H,6-10H2,1H3. The second-order valence-electron chi connectivity index (χ2n) is 6.45. The molecule has 1 aliphatic carbocycles. The maximum Gasteiger partial charge on any atom is 0.00731 e. The number of rotatable bonds is 1. The quantitative estimate of drug-likeness (QED) is 0.634. The summed E-state index contributed by atoms with van der Waals surface area (Å²) in [6.45, 7) is 2.32. The lowest BCUT2D eigenvalue weighted by Gasteiger charge is -2.55. The molecule has 90 valence electrons. The Morgan fingerprint density at radius 3 is 2.35 bits per heavy atom. The summed E-state index contributed by atoms with van der Waals surface area (Å²) in [6, 6.07) is 9.19. The molecule has 1 aromatic rings. The summed E-state index contributed by atoms with van der Waals surface area (Å²) in [5.74, 6) is 3.30. The van der Waals surface area contributed by atoms with Crippen molar-refractivity contribution in [2.75, 3.05) is 12.3 Å². The predicted molar refractivity (Wildman–Crippen MR) is 74.9 cm³/mol. The smallest absolute Gasteiger partial charge is 0.00731 e. The Bertz CT molecular complexity index is 409. The third-order valence-corrected chi connectivity index (χ3v) is 8.73. The topological polar surface area (TPSA) is 0 Å². The zero-order valence-corrected chi connectivity index (χ0v) is 11.5. The van der Waals surface area contributed by atoms with Crippen LogP contribution in [0, 0.1) is 24.7 Å². The number of hydrogen-bond donors (Lipinski definition) is 0. The molecule has 1 saturated carbocycles. The van der Waals surface area contributed by atoms with Gasteiger partial charge in [0.25, 0.3) is 0 Å². The van der Waals surface area contributed by atoms with Crippen LogP contribution in [0.1, 0.15) is 36.0 Å². The van der Waals surface area contributed by atoms with Crippen molar-refractivity contribution in [1.82, 2.24) is 0 Å². The van der Waals surface area contributed by atoms with Gasteiger partial charge < -0.3 is 0 Å². The minimum absolute atomic E-state index is 0.332. The zero-order valence-electron chi connectivity index (χ0n) is 10.6. The van der Waals surface area contributed by atoms with E-state index in [1.807, 2.05) is 0 Å². The van der Waals surface area contributed by atoms with Gasteiger partial charge in [0.15, 0.2) is 0 Å². The van der Waals surface area contributed by atoms with Gasteiger partial charge in [0.1, 0.15) is 0 Å². The summed E-state index contributed by atoms with van der Waals surface area (Å²) in [5.41, 5.74) is 4.23. The van der Waals surface area contributed by atoms with Gasteiger partial charge in [0.2, 0.25) is 0 Å². The molecule has 5 rings (SSSR count). The molecule has 17 heavy (non-hydrogen) atoms. The molecule has 1 heteroatoms. The third kappa shape index (κ3) is 1.60. The minimum Gasteiger partial charge on any atom is -0.0982 e. The first-order valence-electron chi connectivity index (χ1n) is 7.11. The molecule has 3 saturated heterocycles. The molecule has 0 amide bonds. The van der Waals surface area contributed by atoms with Crippen molar-refractivity contribution in [3.8, 4) is 0 Å². The van der Waals surface area contributed by atoms with Gasteiger partial charge in [-0.1, -0.05) is 32.2 Å². The molecule has 0 nitrogen and oxygen atoms in total. The van der Waals surface area contributed by atoms with Crippen molar-refractivity contribution in [3.63, 3.8) is 0 Å². The van der Waals surface area contributed by atoms with Crippen molar-refractivity contribution in [3.05, 3.63) is 35.4 Å². The van der Waals surface area contributed by atoms with Crippen molar-refractivity contribution in [1.29, 1.82) is 0 Å². The first-order chi connectivity index (χ1) is 8.31. The van der Waals surface area contributed by atoms with E-state index in [0.29, 0.717) is 7.92 Å². The molecule has 0 aromatic heterocycles. The van der Waals surface area contributed by atoms with Crippen LogP contribution in [0.4, 0.5) is 0 Å². The molecule has 0 spiro atoms. The van der Waals surface area contributed by atoms with Crippen molar-refractivity contribution in [2.45, 2.75) is 31.8 Å². The lowest BCUT2D eigenvalue weighted by Crippen LogP contribution is -2.40. The molecular formula is C16H21P. The number of benzene rings is 1. The number of hydrogen-bond acceptors (Lipinski definition) is 0. The summed E-state index contributed by atoms with van der Waals surface area (Å²) < 4.78 is 0. The van der Waals surface area contributed by atoms with E-state index in [1.165, 1.54) is 0 Å². The van der Waals surface area contributed by atoms with Gasteiger partial charge >= 0.3 is 0 Å². The van der Waals surface area contributed by atoms with Gasteiger partial charge in [0.05, 0.1) is 0 Å². The second kappa shape index (κ2) is 3.82. The van der Waals surface area contributed by atoms with Crippen molar-refractivity contribution < 1.29 is 0 Å². The van der Waals surface area contributed by atoms with Crippen LogP contribution >= 0.6 is 7.92 Å². The summed E-state index contributed by atoms with van der Waals surface area (Å²) in [7, 11) is 0.332. The molecule has 0 N–H and O–H groups in total. The first kappa shape index (κ1) is 10.6. The van der Waals surface area contributed by atoms with E-state index >= 15 is 0 Å². The monoisotopic (exact) mass is 244 g/mol. The highest BCUT2D eigenvalue weighted by molar-refractivity contribution is 7.58. The maximum atomic E-state index is 2.42. The third-order valence-electron chi connectivity index (χ3n) is 5.27. The summed E-state index contributed by atoms with van der Waals surface area (Å²) in [6.07, 6.45) is 7.88. The first-order valence-corrected chi connectivity index (χ1v) is 8.89. The highest BCUT2D eigenvalue weighted by Crippen LogP contribution is 2.70. The van der Waals surface area contributed by atoms with Gasteiger partial charge in [-0.2, -0.15) is 0 Å². The summed E-state index contributed by atoms with van der Waals surface area (Å²) in [4.78, 5) is 0. The molecule has 3 aliphatic heterocycles. The Kier molecular flexibility index (Phi) is 2.37. The van der Waals surface area contributed by atoms with Crippen LogP contribution in [0.5, 0.6) is 0 Å². The van der Waals surface area contributed by atoms with Gasteiger partial charge in [-0.3, -0.25) is 0 Å². The average Bonchev–Trinajstić information content (AvgIpc) is 2.30. The Morgan fingerprint density at radius 2 is 1.71 bits per heavy atom. The van der Waals surface area contributed by atoms with Crippen LogP contribution in [-0.4, -0.2) is 12.3 Å². The van der Waals surface area contributed by atoms with E-state index in [0.717, 1.165) is 23.4 Å². The van der Waals surface area contributed by atoms with Gasteiger partial charge in [0, 0.05) is 5.66 Å². The van der Waals surface area contributed by atoms with Gasteiger partial charge in [-0.25, -0.2) is 0 Å². The van der Waals surface area contributed by atoms with Crippen LogP contribution in [0.2, 0.25) is 0 Å². The normalized spacial score (nSPS) is 43.0. The molecule has 0 radical (unpaired) electrons. The van der Waals surface area contributed by atoms with Crippen molar-refractivity contribution >= 4 is 7.92 Å². The van der Waals surface area contributed by atoms with Crippen LogP contribution in [0.3, 0.4) is 0 Å². The van der Waals surface area contributed by atoms with Crippen molar-refractivity contribution in [2.24, 2.45) is 17.8 Å². The molecular weight excluding hydrogens is 223 g/mol. The Hall–Kier alpha value is -0.350. The van der Waals surface area contributed by atoms with Crippen LogP contribution in [0.15, 0.2) is 24.3 Å².